The number of nitrogens with one attached hydrogen (secondary N) is 1. The van der Waals surface area contributed by atoms with Crippen molar-refractivity contribution in [3.05, 3.63) is 11.1 Å². The number of hydrogen-bond donors (Lipinski definition) is 2. The minimum Gasteiger partial charge on any atom is -0.462 e. The molecule has 8 atom stereocenters. The maximum absolute atomic E-state index is 13.6. The Hall–Kier alpha value is -1.69. The maximum Gasteiger partial charge on any atom is 0.302 e. The van der Waals surface area contributed by atoms with E-state index >= 15 is 0 Å². The molecule has 0 aromatic carbocycles. The summed E-state index contributed by atoms with van der Waals surface area (Å²) in [7, 11) is 0. The number of allylic oxidation sites excluding steroid dienone is 2. The molecule has 0 spiro atoms. The second-order valence-corrected chi connectivity index (χ2v) is 15.7. The molecular formula is C33H52N2O4. The highest BCUT2D eigenvalue weighted by Gasteiger charge is 2.70. The fourth-order valence-electron chi connectivity index (χ4n) is 11.7. The third-order valence-corrected chi connectivity index (χ3v) is 13.5. The van der Waals surface area contributed by atoms with E-state index in [-0.39, 0.29) is 56.8 Å². The van der Waals surface area contributed by atoms with Crippen molar-refractivity contribution >= 4 is 17.7 Å². The molecule has 0 radical (unpaired) electrons. The summed E-state index contributed by atoms with van der Waals surface area (Å²) in [5.41, 5.74) is 4.69. The fourth-order valence-corrected chi connectivity index (χ4v) is 11.7. The Bertz CT molecular complexity index is 1110. The van der Waals surface area contributed by atoms with Gasteiger partial charge in [-0.2, -0.15) is 0 Å². The molecule has 0 aromatic rings. The van der Waals surface area contributed by atoms with Gasteiger partial charge in [-0.25, -0.2) is 5.84 Å². The van der Waals surface area contributed by atoms with Crippen LogP contribution in [0.5, 0.6) is 0 Å². The van der Waals surface area contributed by atoms with Crippen molar-refractivity contribution in [2.24, 2.45) is 56.6 Å². The normalized spacial score (nSPS) is 44.7. The summed E-state index contributed by atoms with van der Waals surface area (Å²) in [5, 5.41) is 0. The van der Waals surface area contributed by atoms with Crippen LogP contribution in [0.25, 0.3) is 0 Å². The van der Waals surface area contributed by atoms with Crippen molar-refractivity contribution in [2.75, 3.05) is 0 Å². The fraction of sp³-hybridized carbons (Fsp3) is 0.848. The number of esters is 1. The van der Waals surface area contributed by atoms with Gasteiger partial charge >= 0.3 is 5.97 Å². The van der Waals surface area contributed by atoms with E-state index in [1.54, 1.807) is 0 Å². The standard InChI is InChI=1S/C33H52N2O4/c1-19(2)27-22(37)17-33(18-26(38)35-34)16-15-31(7)21(28(27)33)9-10-24-30(6)13-12-25(39-20(3)36)29(4,5)23(30)11-14-32(24,31)8/h19,21,23-25H,9-18,34H2,1-8H3,(H,35,38)/t21?,23-,24+,25-,30-,31+,32+,33?/m0/s1. The van der Waals surface area contributed by atoms with E-state index in [1.165, 1.54) is 12.5 Å². The van der Waals surface area contributed by atoms with Crippen LogP contribution in [-0.4, -0.2) is 23.8 Å². The molecule has 0 heterocycles. The summed E-state index contributed by atoms with van der Waals surface area (Å²) in [5.74, 6) is 7.08. The lowest BCUT2D eigenvalue weighted by Gasteiger charge is -2.72. The molecule has 0 aromatic heterocycles. The number of carbonyl (C=O) groups is 3. The van der Waals surface area contributed by atoms with E-state index in [1.807, 2.05) is 0 Å². The van der Waals surface area contributed by atoms with Crippen LogP contribution >= 0.6 is 0 Å². The van der Waals surface area contributed by atoms with E-state index in [9.17, 15) is 14.4 Å². The van der Waals surface area contributed by atoms with Crippen LogP contribution in [0.15, 0.2) is 11.1 Å². The summed E-state index contributed by atoms with van der Waals surface area (Å²) in [6, 6.07) is 0. The average molecular weight is 541 g/mol. The highest BCUT2D eigenvalue weighted by molar-refractivity contribution is 6.01. The molecule has 6 nitrogen and oxygen atoms in total. The van der Waals surface area contributed by atoms with Crippen LogP contribution in [0, 0.1) is 50.7 Å². The zero-order chi connectivity index (χ0) is 28.8. The van der Waals surface area contributed by atoms with Crippen molar-refractivity contribution < 1.29 is 19.1 Å². The van der Waals surface area contributed by atoms with E-state index in [4.69, 9.17) is 10.6 Å². The van der Waals surface area contributed by atoms with Gasteiger partial charge < -0.3 is 4.74 Å². The number of hydrazine groups is 1. The number of carbonyl (C=O) groups excluding carboxylic acids is 3. The van der Waals surface area contributed by atoms with Gasteiger partial charge in [0.05, 0.1) is 0 Å². The van der Waals surface area contributed by atoms with Gasteiger partial charge in [0.1, 0.15) is 6.10 Å². The third kappa shape index (κ3) is 3.85. The maximum atomic E-state index is 13.6. The lowest BCUT2D eigenvalue weighted by atomic mass is 9.33. The lowest BCUT2D eigenvalue weighted by molar-refractivity contribution is -0.232. The molecule has 39 heavy (non-hydrogen) atoms. The number of ether oxygens (including phenoxy) is 1. The first-order chi connectivity index (χ1) is 18.1. The van der Waals surface area contributed by atoms with Crippen molar-refractivity contribution in [1.29, 1.82) is 0 Å². The molecule has 4 saturated carbocycles. The summed E-state index contributed by atoms with van der Waals surface area (Å²) >= 11 is 0. The minimum absolute atomic E-state index is 0.0170. The number of Topliss-reactive ketones (excluding diaryl/α,β-unsaturated/α-hetero) is 1. The molecule has 5 aliphatic rings. The van der Waals surface area contributed by atoms with Crippen LogP contribution < -0.4 is 11.3 Å². The van der Waals surface area contributed by atoms with Gasteiger partial charge in [0.15, 0.2) is 5.78 Å². The summed E-state index contributed by atoms with van der Waals surface area (Å²) in [4.78, 5) is 38.2. The second kappa shape index (κ2) is 9.16. The Morgan fingerprint density at radius 1 is 0.949 bits per heavy atom. The van der Waals surface area contributed by atoms with Gasteiger partial charge in [-0.05, 0) is 96.9 Å². The van der Waals surface area contributed by atoms with Gasteiger partial charge in [0.25, 0.3) is 0 Å². The van der Waals surface area contributed by atoms with Gasteiger partial charge in [-0.15, -0.1) is 0 Å². The number of amides is 1. The Labute approximate surface area is 235 Å². The van der Waals surface area contributed by atoms with Crippen LogP contribution in [-0.2, 0) is 19.1 Å². The number of rotatable bonds is 4. The number of nitrogens with two attached hydrogens (primary N) is 1. The van der Waals surface area contributed by atoms with Crippen molar-refractivity contribution in [3.63, 3.8) is 0 Å². The number of hydrogen-bond acceptors (Lipinski definition) is 5. The SMILES string of the molecule is CC(=O)O[C@H]1CC[C@]2(C)[C@H]3CCC4C5=C(C(C)C)C(=O)CC5(CC(=O)NN)CC[C@@]4(C)[C@]3(C)CC[C@H]2C1(C)C. The Kier molecular flexibility index (Phi) is 6.77. The summed E-state index contributed by atoms with van der Waals surface area (Å²) < 4.78 is 5.89. The summed E-state index contributed by atoms with van der Waals surface area (Å²) in [6.45, 7) is 18.2. The first-order valence-electron chi connectivity index (χ1n) is 15.5. The third-order valence-electron chi connectivity index (χ3n) is 13.5. The van der Waals surface area contributed by atoms with Crippen LogP contribution in [0.3, 0.4) is 0 Å². The topological polar surface area (TPSA) is 98.5 Å². The quantitative estimate of drug-likeness (QED) is 0.189. The van der Waals surface area contributed by atoms with Gasteiger partial charge in [0.2, 0.25) is 5.91 Å². The van der Waals surface area contributed by atoms with E-state index in [2.05, 4.69) is 53.9 Å². The first-order valence-corrected chi connectivity index (χ1v) is 15.5. The molecule has 5 rings (SSSR count). The van der Waals surface area contributed by atoms with E-state index in [0.717, 1.165) is 56.9 Å². The van der Waals surface area contributed by atoms with Crippen LogP contribution in [0.4, 0.5) is 0 Å². The predicted molar refractivity (Wildman–Crippen MR) is 152 cm³/mol. The molecule has 0 saturated heterocycles. The molecular weight excluding hydrogens is 488 g/mol. The number of fused-ring (bicyclic) bond motifs is 7. The largest absolute Gasteiger partial charge is 0.462 e. The Morgan fingerprint density at radius 2 is 1.64 bits per heavy atom. The molecule has 0 aliphatic heterocycles. The molecule has 2 unspecified atom stereocenters. The molecule has 5 aliphatic carbocycles. The Balaban J connectivity index is 1.55. The summed E-state index contributed by atoms with van der Waals surface area (Å²) in [6.07, 6.45) is 9.26. The second-order valence-electron chi connectivity index (χ2n) is 15.7. The monoisotopic (exact) mass is 540 g/mol. The predicted octanol–water partition coefficient (Wildman–Crippen LogP) is 6.28. The highest BCUT2D eigenvalue weighted by Crippen LogP contribution is 2.77. The van der Waals surface area contributed by atoms with Gasteiger partial charge in [-0.1, -0.05) is 54.0 Å². The molecule has 0 bridgehead atoms. The average Bonchev–Trinajstić information content (AvgIpc) is 3.13. The van der Waals surface area contributed by atoms with Gasteiger partial charge in [-0.3, -0.25) is 19.8 Å². The van der Waals surface area contributed by atoms with Crippen molar-refractivity contribution in [2.45, 2.75) is 126 Å². The Morgan fingerprint density at radius 3 is 2.26 bits per heavy atom. The molecule has 3 N–H and O–H groups in total. The van der Waals surface area contributed by atoms with Crippen molar-refractivity contribution in [3.8, 4) is 0 Å². The van der Waals surface area contributed by atoms with Crippen molar-refractivity contribution in [1.82, 2.24) is 5.43 Å². The van der Waals surface area contributed by atoms with Gasteiger partial charge in [0, 0.05) is 30.6 Å². The van der Waals surface area contributed by atoms with E-state index in [0.29, 0.717) is 30.6 Å². The smallest absolute Gasteiger partial charge is 0.302 e. The molecule has 218 valence electrons. The molecule has 6 heteroatoms. The molecule has 1 amide bonds. The zero-order valence-corrected chi connectivity index (χ0v) is 25.7. The van der Waals surface area contributed by atoms with E-state index < -0.39 is 0 Å². The first kappa shape index (κ1) is 28.8. The minimum atomic E-state index is -0.376. The highest BCUT2D eigenvalue weighted by atomic mass is 16.5. The van der Waals surface area contributed by atoms with Crippen LogP contribution in [0.2, 0.25) is 0 Å². The molecule has 4 fully saturated rings. The zero-order valence-electron chi connectivity index (χ0n) is 25.7. The lowest BCUT2D eigenvalue weighted by Crippen LogP contribution is -2.65. The van der Waals surface area contributed by atoms with Crippen LogP contribution in [0.1, 0.15) is 120 Å². The number of ketones is 1.